The number of morpholine rings is 1. The number of hydrogen-bond donors (Lipinski definition) is 2. The molecule has 0 bridgehead atoms. The largest absolute Gasteiger partial charge is 0.491 e. The normalized spacial score (nSPS) is 15.4. The number of nitrogens with one attached hydrogen (secondary N) is 2. The van der Waals surface area contributed by atoms with Gasteiger partial charge >= 0.3 is 0 Å². The van der Waals surface area contributed by atoms with Crippen LogP contribution in [0.25, 0.3) is 0 Å². The second-order valence-corrected chi connectivity index (χ2v) is 9.46. The van der Waals surface area contributed by atoms with Gasteiger partial charge in [-0.15, -0.1) is 0 Å². The second kappa shape index (κ2) is 9.20. The van der Waals surface area contributed by atoms with Crippen LogP contribution >= 0.6 is 0 Å². The number of rotatable bonds is 7. The molecule has 0 spiro atoms. The number of nitrogens with zero attached hydrogens (tertiary/aromatic N) is 1. The van der Waals surface area contributed by atoms with E-state index in [0.717, 1.165) is 11.3 Å². The van der Waals surface area contributed by atoms with Gasteiger partial charge in [-0.05, 0) is 51.0 Å². The number of hydrogen-bond acceptors (Lipinski definition) is 5. The zero-order chi connectivity index (χ0) is 21.9. The van der Waals surface area contributed by atoms with Gasteiger partial charge in [0.2, 0.25) is 10.0 Å². The molecule has 30 heavy (non-hydrogen) atoms. The van der Waals surface area contributed by atoms with E-state index in [2.05, 4.69) is 10.3 Å². The van der Waals surface area contributed by atoms with Crippen molar-refractivity contribution in [3.8, 4) is 5.75 Å². The average molecular weight is 436 g/mol. The first-order valence-corrected chi connectivity index (χ1v) is 11.4. The number of aryl methyl sites for hydroxylation is 1. The van der Waals surface area contributed by atoms with Crippen LogP contribution in [0.3, 0.4) is 0 Å². The van der Waals surface area contributed by atoms with E-state index >= 15 is 0 Å². The first-order valence-electron chi connectivity index (χ1n) is 10.0. The van der Waals surface area contributed by atoms with Gasteiger partial charge in [0.05, 0.1) is 19.3 Å². The third-order valence-corrected chi connectivity index (χ3v) is 7.09. The molecule has 1 amide bonds. The maximum absolute atomic E-state index is 13.1. The molecule has 1 fully saturated rings. The molecule has 8 nitrogen and oxygen atoms in total. The third-order valence-electron chi connectivity index (χ3n) is 4.91. The summed E-state index contributed by atoms with van der Waals surface area (Å²) in [5.41, 5.74) is 2.07. The van der Waals surface area contributed by atoms with E-state index in [-0.39, 0.29) is 22.6 Å². The van der Waals surface area contributed by atoms with E-state index in [1.54, 1.807) is 13.8 Å². The minimum Gasteiger partial charge on any atom is -0.491 e. The highest BCUT2D eigenvalue weighted by Gasteiger charge is 2.32. The van der Waals surface area contributed by atoms with Gasteiger partial charge in [-0.25, -0.2) is 8.42 Å². The molecule has 0 saturated carbocycles. The van der Waals surface area contributed by atoms with Gasteiger partial charge in [0.15, 0.2) is 0 Å². The van der Waals surface area contributed by atoms with E-state index in [0.29, 0.717) is 44.1 Å². The van der Waals surface area contributed by atoms with Crippen molar-refractivity contribution in [2.45, 2.75) is 45.2 Å². The summed E-state index contributed by atoms with van der Waals surface area (Å²) >= 11 is 0. The summed E-state index contributed by atoms with van der Waals surface area (Å²) in [5, 5.41) is 2.85. The van der Waals surface area contributed by atoms with Crippen LogP contribution in [0.5, 0.6) is 5.75 Å². The van der Waals surface area contributed by atoms with Gasteiger partial charge in [0, 0.05) is 25.3 Å². The smallest absolute Gasteiger partial charge is 0.268 e. The van der Waals surface area contributed by atoms with Crippen LogP contribution in [-0.4, -0.2) is 56.0 Å². The molecule has 1 aliphatic heterocycles. The van der Waals surface area contributed by atoms with Crippen LogP contribution in [-0.2, 0) is 21.3 Å². The van der Waals surface area contributed by atoms with Crippen LogP contribution in [0.1, 0.15) is 41.2 Å². The standard InChI is InChI=1S/C21H29N3O5S/c1-14(2)29-18-7-5-17(6-8-18)13-22-21(25)19-15(3)20(16(4)23-19)30(26,27)24-9-11-28-12-10-24/h5-8,14,23H,9-13H2,1-4H3,(H,22,25). The van der Waals surface area contributed by atoms with Crippen LogP contribution in [0.15, 0.2) is 29.2 Å². The molecule has 0 atom stereocenters. The van der Waals surface area contributed by atoms with Gasteiger partial charge in [-0.3, -0.25) is 4.79 Å². The van der Waals surface area contributed by atoms with Crippen LogP contribution < -0.4 is 10.1 Å². The number of amides is 1. The molecule has 1 aliphatic rings. The molecule has 2 N–H and O–H groups in total. The molecule has 1 saturated heterocycles. The number of H-pyrrole nitrogens is 1. The predicted octanol–water partition coefficient (Wildman–Crippen LogP) is 2.37. The fourth-order valence-electron chi connectivity index (χ4n) is 3.49. The Morgan fingerprint density at radius 2 is 1.83 bits per heavy atom. The Kier molecular flexibility index (Phi) is 6.84. The minimum absolute atomic E-state index is 0.0950. The number of sulfonamides is 1. The molecule has 0 unspecified atom stereocenters. The highest BCUT2D eigenvalue weighted by molar-refractivity contribution is 7.89. The Labute approximate surface area is 177 Å². The molecule has 9 heteroatoms. The first kappa shape index (κ1) is 22.3. The molecule has 1 aromatic heterocycles. The SMILES string of the molecule is Cc1[nH]c(C(=O)NCc2ccc(OC(C)C)cc2)c(C)c1S(=O)(=O)N1CCOCC1. The number of carbonyl (C=O) groups excluding carboxylic acids is 1. The Bertz CT molecular complexity index is 990. The molecular weight excluding hydrogens is 406 g/mol. The summed E-state index contributed by atoms with van der Waals surface area (Å²) in [7, 11) is -3.69. The maximum atomic E-state index is 13.1. The van der Waals surface area contributed by atoms with E-state index in [1.165, 1.54) is 4.31 Å². The van der Waals surface area contributed by atoms with Crippen molar-refractivity contribution < 1.29 is 22.7 Å². The van der Waals surface area contributed by atoms with Crippen molar-refractivity contribution in [1.82, 2.24) is 14.6 Å². The second-order valence-electron chi connectivity index (χ2n) is 7.59. The van der Waals surface area contributed by atoms with Crippen molar-refractivity contribution >= 4 is 15.9 Å². The van der Waals surface area contributed by atoms with Crippen molar-refractivity contribution in [2.24, 2.45) is 0 Å². The summed E-state index contributed by atoms with van der Waals surface area (Å²) in [6.45, 7) is 8.93. The van der Waals surface area contributed by atoms with E-state index < -0.39 is 10.0 Å². The maximum Gasteiger partial charge on any atom is 0.268 e. The van der Waals surface area contributed by atoms with Gasteiger partial charge in [0.1, 0.15) is 16.3 Å². The third kappa shape index (κ3) is 4.85. The highest BCUT2D eigenvalue weighted by Crippen LogP contribution is 2.27. The lowest BCUT2D eigenvalue weighted by molar-refractivity contribution is 0.0730. The van der Waals surface area contributed by atoms with E-state index in [9.17, 15) is 13.2 Å². The fourth-order valence-corrected chi connectivity index (χ4v) is 5.31. The Hall–Kier alpha value is -2.36. The highest BCUT2D eigenvalue weighted by atomic mass is 32.2. The van der Waals surface area contributed by atoms with Crippen molar-refractivity contribution in [3.63, 3.8) is 0 Å². The molecule has 0 radical (unpaired) electrons. The van der Waals surface area contributed by atoms with Crippen LogP contribution in [0, 0.1) is 13.8 Å². The number of carbonyl (C=O) groups is 1. The molecule has 2 aromatic rings. The zero-order valence-corrected chi connectivity index (χ0v) is 18.6. The lowest BCUT2D eigenvalue weighted by Gasteiger charge is -2.26. The van der Waals surface area contributed by atoms with Crippen molar-refractivity contribution in [1.29, 1.82) is 0 Å². The summed E-state index contributed by atoms with van der Waals surface area (Å²) in [6.07, 6.45) is 0.0950. The summed E-state index contributed by atoms with van der Waals surface area (Å²) in [6, 6.07) is 7.50. The Morgan fingerprint density at radius 3 is 2.43 bits per heavy atom. The topological polar surface area (TPSA) is 101 Å². The fraction of sp³-hybridized carbons (Fsp3) is 0.476. The minimum atomic E-state index is -3.69. The van der Waals surface area contributed by atoms with Crippen molar-refractivity contribution in [2.75, 3.05) is 26.3 Å². The summed E-state index contributed by atoms with van der Waals surface area (Å²) < 4.78 is 38.4. The molecule has 3 rings (SSSR count). The van der Waals surface area contributed by atoms with Gasteiger partial charge in [0.25, 0.3) is 5.91 Å². The molecule has 1 aromatic carbocycles. The first-order chi connectivity index (χ1) is 14.2. The number of aromatic nitrogens is 1. The molecule has 164 valence electrons. The molecule has 2 heterocycles. The number of ether oxygens (including phenoxy) is 2. The van der Waals surface area contributed by atoms with Gasteiger partial charge in [-0.1, -0.05) is 12.1 Å². The monoisotopic (exact) mass is 435 g/mol. The quantitative estimate of drug-likeness (QED) is 0.695. The lowest BCUT2D eigenvalue weighted by Crippen LogP contribution is -2.41. The lowest BCUT2D eigenvalue weighted by atomic mass is 10.2. The van der Waals surface area contributed by atoms with E-state index in [4.69, 9.17) is 9.47 Å². The van der Waals surface area contributed by atoms with Crippen LogP contribution in [0.2, 0.25) is 0 Å². The zero-order valence-electron chi connectivity index (χ0n) is 17.8. The van der Waals surface area contributed by atoms with Gasteiger partial charge < -0.3 is 19.8 Å². The molecular formula is C21H29N3O5S. The Morgan fingerprint density at radius 1 is 1.20 bits per heavy atom. The van der Waals surface area contributed by atoms with E-state index in [1.807, 2.05) is 38.1 Å². The van der Waals surface area contributed by atoms with Crippen molar-refractivity contribution in [3.05, 3.63) is 46.8 Å². The summed E-state index contributed by atoms with van der Waals surface area (Å²) in [5.74, 6) is 0.426. The van der Waals surface area contributed by atoms with Gasteiger partial charge in [-0.2, -0.15) is 4.31 Å². The van der Waals surface area contributed by atoms with Crippen LogP contribution in [0.4, 0.5) is 0 Å². The number of benzene rings is 1. The predicted molar refractivity (Wildman–Crippen MR) is 113 cm³/mol. The average Bonchev–Trinajstić information content (AvgIpc) is 3.02. The summed E-state index contributed by atoms with van der Waals surface area (Å²) in [4.78, 5) is 15.9. The Balaban J connectivity index is 1.72. The molecule has 0 aliphatic carbocycles. The number of aromatic amines is 1.